The molecule has 0 unspecified atom stereocenters. The van der Waals surface area contributed by atoms with Gasteiger partial charge in [-0.2, -0.15) is 0 Å². The lowest BCUT2D eigenvalue weighted by atomic mass is 9.79. The van der Waals surface area contributed by atoms with E-state index in [2.05, 4.69) is 10.9 Å². The first-order valence-corrected chi connectivity index (χ1v) is 9.80. The van der Waals surface area contributed by atoms with E-state index < -0.39 is 23.7 Å². The number of aliphatic carboxylic acids is 1. The third-order valence-corrected chi connectivity index (χ3v) is 6.65. The van der Waals surface area contributed by atoms with E-state index in [0.29, 0.717) is 5.56 Å². The van der Waals surface area contributed by atoms with Crippen LogP contribution in [-0.4, -0.2) is 22.9 Å². The Bertz CT molecular complexity index is 778. The molecule has 6 nitrogen and oxygen atoms in total. The summed E-state index contributed by atoms with van der Waals surface area (Å²) >= 11 is 1.50. The fourth-order valence-electron chi connectivity index (χ4n) is 4.56. The van der Waals surface area contributed by atoms with E-state index in [1.165, 1.54) is 11.3 Å². The fourth-order valence-corrected chi connectivity index (χ4v) is 5.38. The molecule has 2 aliphatic carbocycles. The number of hydrogen-bond donors (Lipinski definition) is 3. The molecule has 1 heterocycles. The Hall–Kier alpha value is -2.15. The molecule has 2 amide bonds. The first-order valence-electron chi connectivity index (χ1n) is 8.92. The zero-order valence-corrected chi connectivity index (χ0v) is 16.0. The summed E-state index contributed by atoms with van der Waals surface area (Å²) in [7, 11) is 0. The van der Waals surface area contributed by atoms with Crippen LogP contribution in [0.1, 0.15) is 48.8 Å². The standard InChI is InChI=1S/C19H24N2O4S/c1-4-11-7-10(8-26-11)17(22)20-21-18(23)15-12-5-6-13(14(12)9(2)3)16(15)19(24)25/h7-8,12-13,15-16H,4-6H2,1-3H3,(H,20,22)(H,21,23)(H,24,25)/t12-,13-,15+,16+/m1/s1. The Morgan fingerprint density at radius 1 is 1.15 bits per heavy atom. The smallest absolute Gasteiger partial charge is 0.307 e. The number of aryl methyl sites for hydroxylation is 1. The Kier molecular flexibility index (Phi) is 5.18. The molecule has 1 aromatic heterocycles. The van der Waals surface area contributed by atoms with Crippen LogP contribution >= 0.6 is 11.3 Å². The summed E-state index contributed by atoms with van der Waals surface area (Å²) < 4.78 is 0. The molecule has 2 fully saturated rings. The largest absolute Gasteiger partial charge is 0.481 e. The van der Waals surface area contributed by atoms with E-state index in [1.807, 2.05) is 20.8 Å². The van der Waals surface area contributed by atoms with Crippen LogP contribution in [0.5, 0.6) is 0 Å². The van der Waals surface area contributed by atoms with Crippen molar-refractivity contribution in [3.63, 3.8) is 0 Å². The van der Waals surface area contributed by atoms with E-state index in [9.17, 15) is 19.5 Å². The van der Waals surface area contributed by atoms with Crippen LogP contribution in [0.3, 0.4) is 0 Å². The summed E-state index contributed by atoms with van der Waals surface area (Å²) in [6.45, 7) is 5.96. The maximum Gasteiger partial charge on any atom is 0.307 e. The topological polar surface area (TPSA) is 95.5 Å². The van der Waals surface area contributed by atoms with Gasteiger partial charge in [-0.05, 0) is 51.0 Å². The van der Waals surface area contributed by atoms with Crippen molar-refractivity contribution in [2.45, 2.75) is 40.0 Å². The quantitative estimate of drug-likeness (QED) is 0.556. The molecule has 2 saturated carbocycles. The third-order valence-electron chi connectivity index (χ3n) is 5.57. The number of nitrogens with one attached hydrogen (secondary N) is 2. The molecule has 1 aromatic rings. The number of carbonyl (C=O) groups excluding carboxylic acids is 2. The molecule has 0 aliphatic heterocycles. The van der Waals surface area contributed by atoms with Crippen LogP contribution in [0.25, 0.3) is 0 Å². The summed E-state index contributed by atoms with van der Waals surface area (Å²) in [5, 5.41) is 11.4. The predicted octanol–water partition coefficient (Wildman–Crippen LogP) is 2.76. The van der Waals surface area contributed by atoms with Crippen molar-refractivity contribution in [1.82, 2.24) is 10.9 Å². The Balaban J connectivity index is 1.71. The first kappa shape index (κ1) is 18.6. The molecule has 7 heteroatoms. The van der Waals surface area contributed by atoms with E-state index in [0.717, 1.165) is 35.3 Å². The van der Waals surface area contributed by atoms with Gasteiger partial charge in [-0.3, -0.25) is 25.2 Å². The minimum Gasteiger partial charge on any atom is -0.481 e. The van der Waals surface area contributed by atoms with E-state index >= 15 is 0 Å². The molecule has 0 radical (unpaired) electrons. The van der Waals surface area contributed by atoms with Crippen LogP contribution in [0.15, 0.2) is 22.6 Å². The third kappa shape index (κ3) is 3.16. The molecular formula is C19H24N2O4S. The highest BCUT2D eigenvalue weighted by Crippen LogP contribution is 2.57. The number of carboxylic acids is 1. The van der Waals surface area contributed by atoms with Crippen molar-refractivity contribution in [3.8, 4) is 0 Å². The molecule has 4 atom stereocenters. The number of fused-ring (bicyclic) bond motifs is 2. The van der Waals surface area contributed by atoms with Crippen molar-refractivity contribution < 1.29 is 19.5 Å². The lowest BCUT2D eigenvalue weighted by Gasteiger charge is -2.26. The molecule has 0 spiro atoms. The minimum absolute atomic E-state index is 0.0455. The highest BCUT2D eigenvalue weighted by atomic mass is 32.1. The lowest BCUT2D eigenvalue weighted by molar-refractivity contribution is -0.149. The summed E-state index contributed by atoms with van der Waals surface area (Å²) in [6.07, 6.45) is 2.49. The second-order valence-corrected chi connectivity index (χ2v) is 8.23. The number of carbonyl (C=O) groups is 3. The summed E-state index contributed by atoms with van der Waals surface area (Å²) in [5.74, 6) is -3.20. The Labute approximate surface area is 156 Å². The van der Waals surface area contributed by atoms with Crippen molar-refractivity contribution in [1.29, 1.82) is 0 Å². The summed E-state index contributed by atoms with van der Waals surface area (Å²) in [6, 6.07) is 1.80. The van der Waals surface area contributed by atoms with Crippen molar-refractivity contribution in [3.05, 3.63) is 33.0 Å². The Morgan fingerprint density at radius 3 is 2.35 bits per heavy atom. The normalized spacial score (nSPS) is 26.7. The van der Waals surface area contributed by atoms with E-state index in [4.69, 9.17) is 0 Å². The maximum atomic E-state index is 12.7. The molecule has 26 heavy (non-hydrogen) atoms. The minimum atomic E-state index is -0.937. The molecule has 2 aliphatic rings. The zero-order chi connectivity index (χ0) is 19.0. The number of thiophene rings is 1. The Morgan fingerprint density at radius 2 is 1.81 bits per heavy atom. The van der Waals surface area contributed by atoms with Gasteiger partial charge in [0.2, 0.25) is 5.91 Å². The van der Waals surface area contributed by atoms with Crippen molar-refractivity contribution in [2.24, 2.45) is 23.7 Å². The molecular weight excluding hydrogens is 352 g/mol. The highest BCUT2D eigenvalue weighted by Gasteiger charge is 2.57. The SMILES string of the molecule is CCc1cc(C(=O)NNC(=O)[C@@H]2[C@@H](C(=O)O)[C@@H]3CC[C@@H]2C3=C(C)C)cs1. The van der Waals surface area contributed by atoms with Gasteiger partial charge >= 0.3 is 5.97 Å². The highest BCUT2D eigenvalue weighted by molar-refractivity contribution is 7.10. The molecule has 2 bridgehead atoms. The number of hydrogen-bond acceptors (Lipinski definition) is 4. The van der Waals surface area contributed by atoms with Crippen LogP contribution in [0, 0.1) is 23.7 Å². The first-order chi connectivity index (χ1) is 12.3. The fraction of sp³-hybridized carbons (Fsp3) is 0.526. The van der Waals surface area contributed by atoms with Gasteiger partial charge in [0.05, 0.1) is 17.4 Å². The zero-order valence-electron chi connectivity index (χ0n) is 15.2. The van der Waals surface area contributed by atoms with Gasteiger partial charge in [-0.15, -0.1) is 11.3 Å². The number of rotatable bonds is 4. The monoisotopic (exact) mass is 376 g/mol. The molecule has 3 N–H and O–H groups in total. The number of allylic oxidation sites excluding steroid dienone is 2. The van der Waals surface area contributed by atoms with Gasteiger partial charge < -0.3 is 5.11 Å². The van der Waals surface area contributed by atoms with Gasteiger partial charge in [0.15, 0.2) is 0 Å². The van der Waals surface area contributed by atoms with Gasteiger partial charge in [-0.25, -0.2) is 0 Å². The van der Waals surface area contributed by atoms with Gasteiger partial charge in [0.1, 0.15) is 0 Å². The molecule has 0 saturated heterocycles. The molecule has 140 valence electrons. The molecule has 3 rings (SSSR count). The second-order valence-electron chi connectivity index (χ2n) is 7.23. The van der Waals surface area contributed by atoms with Crippen LogP contribution in [-0.2, 0) is 16.0 Å². The van der Waals surface area contributed by atoms with Gasteiger partial charge in [-0.1, -0.05) is 18.1 Å². The number of carboxylic acid groups (broad SMARTS) is 1. The van der Waals surface area contributed by atoms with Crippen LogP contribution in [0.4, 0.5) is 0 Å². The second kappa shape index (κ2) is 7.23. The van der Waals surface area contributed by atoms with E-state index in [-0.39, 0.29) is 17.7 Å². The predicted molar refractivity (Wildman–Crippen MR) is 98.5 cm³/mol. The van der Waals surface area contributed by atoms with Crippen LogP contribution in [0.2, 0.25) is 0 Å². The van der Waals surface area contributed by atoms with Gasteiger partial charge in [0.25, 0.3) is 5.91 Å². The molecule has 0 aromatic carbocycles. The summed E-state index contributed by atoms with van der Waals surface area (Å²) in [5.41, 5.74) is 7.62. The number of hydrazine groups is 1. The van der Waals surface area contributed by atoms with E-state index in [1.54, 1.807) is 11.4 Å². The average molecular weight is 376 g/mol. The van der Waals surface area contributed by atoms with Gasteiger partial charge in [0, 0.05) is 10.3 Å². The summed E-state index contributed by atoms with van der Waals surface area (Å²) in [4.78, 5) is 37.8. The van der Waals surface area contributed by atoms with Crippen molar-refractivity contribution in [2.75, 3.05) is 0 Å². The maximum absolute atomic E-state index is 12.7. The number of amides is 2. The lowest BCUT2D eigenvalue weighted by Crippen LogP contribution is -2.48. The van der Waals surface area contributed by atoms with Crippen LogP contribution < -0.4 is 10.9 Å². The average Bonchev–Trinajstić information content (AvgIpc) is 3.30. The van der Waals surface area contributed by atoms with Crippen molar-refractivity contribution >= 4 is 29.1 Å².